The molecule has 10 heteroatoms. The van der Waals surface area contributed by atoms with Crippen molar-refractivity contribution in [1.29, 1.82) is 0 Å². The molecule has 0 bridgehead atoms. The molecule has 1 amide bonds. The normalized spacial score (nSPS) is 11.0. The molecule has 1 heterocycles. The van der Waals surface area contributed by atoms with Crippen LogP contribution >= 0.6 is 11.6 Å². The lowest BCUT2D eigenvalue weighted by atomic mass is 10.1. The average Bonchev–Trinajstić information content (AvgIpc) is 2.61. The number of pyridine rings is 1. The minimum atomic E-state index is -4.71. The zero-order valence-corrected chi connectivity index (χ0v) is 14.8. The number of hydrogen-bond acceptors (Lipinski definition) is 5. The fourth-order valence-corrected chi connectivity index (χ4v) is 2.17. The second kappa shape index (κ2) is 8.72. The highest BCUT2D eigenvalue weighted by Gasteiger charge is 2.33. The third-order valence-electron chi connectivity index (χ3n) is 3.28. The number of nitrogens with zero attached hydrogens (tertiary/aromatic N) is 1. The number of esters is 1. The van der Waals surface area contributed by atoms with Crippen molar-refractivity contribution in [2.45, 2.75) is 19.5 Å². The highest BCUT2D eigenvalue weighted by molar-refractivity contribution is 6.30. The van der Waals surface area contributed by atoms with Crippen LogP contribution in [0.5, 0.6) is 0 Å². The highest BCUT2D eigenvalue weighted by Crippen LogP contribution is 2.29. The van der Waals surface area contributed by atoms with E-state index >= 15 is 0 Å². The molecule has 1 aromatic carbocycles. The highest BCUT2D eigenvalue weighted by atomic mass is 35.5. The monoisotopic (exact) mass is 401 g/mol. The SMILES string of the molecule is CCOC(=O)c1ccc(C(F)(F)F)nc1NNC(=O)Cc1ccc(Cl)cc1. The van der Waals surface area contributed by atoms with Crippen LogP contribution in [0.15, 0.2) is 36.4 Å². The largest absolute Gasteiger partial charge is 0.462 e. The Kier molecular flexibility index (Phi) is 6.62. The zero-order chi connectivity index (χ0) is 20.0. The van der Waals surface area contributed by atoms with Crippen LogP contribution in [0.25, 0.3) is 0 Å². The number of carbonyl (C=O) groups excluding carboxylic acids is 2. The molecule has 0 spiro atoms. The number of rotatable bonds is 6. The molecular weight excluding hydrogens is 387 g/mol. The smallest absolute Gasteiger partial charge is 0.433 e. The van der Waals surface area contributed by atoms with E-state index in [2.05, 4.69) is 15.8 Å². The predicted molar refractivity (Wildman–Crippen MR) is 92.1 cm³/mol. The van der Waals surface area contributed by atoms with Gasteiger partial charge in [0.15, 0.2) is 5.82 Å². The number of aromatic nitrogens is 1. The average molecular weight is 402 g/mol. The molecule has 0 fully saturated rings. The molecule has 0 saturated heterocycles. The Hall–Kier alpha value is -2.81. The molecule has 0 aliphatic rings. The molecule has 2 rings (SSSR count). The van der Waals surface area contributed by atoms with Gasteiger partial charge in [-0.3, -0.25) is 15.6 Å². The van der Waals surface area contributed by atoms with Crippen molar-refractivity contribution in [2.24, 2.45) is 0 Å². The van der Waals surface area contributed by atoms with Gasteiger partial charge in [-0.25, -0.2) is 9.78 Å². The van der Waals surface area contributed by atoms with E-state index in [4.69, 9.17) is 16.3 Å². The summed E-state index contributed by atoms with van der Waals surface area (Å²) < 4.78 is 43.4. The van der Waals surface area contributed by atoms with Crippen molar-refractivity contribution in [3.05, 3.63) is 58.2 Å². The lowest BCUT2D eigenvalue weighted by Crippen LogP contribution is -2.32. The summed E-state index contributed by atoms with van der Waals surface area (Å²) in [6.45, 7) is 1.58. The van der Waals surface area contributed by atoms with Gasteiger partial charge in [0.1, 0.15) is 11.3 Å². The number of hydrogen-bond donors (Lipinski definition) is 2. The molecule has 1 aromatic heterocycles. The number of halogens is 4. The molecule has 2 N–H and O–H groups in total. The first kappa shape index (κ1) is 20.5. The lowest BCUT2D eigenvalue weighted by Gasteiger charge is -2.14. The van der Waals surface area contributed by atoms with Crippen molar-refractivity contribution in [3.63, 3.8) is 0 Å². The van der Waals surface area contributed by atoms with Crippen LogP contribution in [0.1, 0.15) is 28.5 Å². The molecule has 0 atom stereocenters. The second-order valence-corrected chi connectivity index (χ2v) is 5.72. The number of alkyl halides is 3. The third-order valence-corrected chi connectivity index (χ3v) is 3.53. The summed E-state index contributed by atoms with van der Waals surface area (Å²) in [6.07, 6.45) is -4.77. The molecule has 0 unspecified atom stereocenters. The Balaban J connectivity index is 2.15. The number of hydrazine groups is 1. The quantitative estimate of drug-likeness (QED) is 0.571. The van der Waals surface area contributed by atoms with Crippen molar-refractivity contribution in [3.8, 4) is 0 Å². The molecule has 144 valence electrons. The van der Waals surface area contributed by atoms with Gasteiger partial charge in [0.2, 0.25) is 5.91 Å². The first-order valence-electron chi connectivity index (χ1n) is 7.75. The van der Waals surface area contributed by atoms with Gasteiger partial charge >= 0.3 is 12.1 Å². The van der Waals surface area contributed by atoms with Gasteiger partial charge in [0.25, 0.3) is 0 Å². The molecule has 0 saturated carbocycles. The van der Waals surface area contributed by atoms with Gasteiger partial charge in [-0.05, 0) is 36.8 Å². The van der Waals surface area contributed by atoms with Crippen LogP contribution in [-0.4, -0.2) is 23.5 Å². The van der Waals surface area contributed by atoms with Crippen molar-refractivity contribution >= 4 is 29.3 Å². The van der Waals surface area contributed by atoms with Crippen LogP contribution < -0.4 is 10.9 Å². The van der Waals surface area contributed by atoms with E-state index < -0.39 is 29.6 Å². The van der Waals surface area contributed by atoms with Crippen molar-refractivity contribution in [2.75, 3.05) is 12.0 Å². The number of benzene rings is 1. The Morgan fingerprint density at radius 1 is 1.15 bits per heavy atom. The van der Waals surface area contributed by atoms with Gasteiger partial charge in [-0.15, -0.1) is 0 Å². The standard InChI is InChI=1S/C17H15ClF3N3O3/c1-2-27-16(26)12-7-8-13(17(19,20)21)22-15(12)24-23-14(25)9-10-3-5-11(18)6-4-10/h3-8H,2,9H2,1H3,(H,22,24)(H,23,25). The first-order chi connectivity index (χ1) is 12.7. The maximum Gasteiger partial charge on any atom is 0.433 e. The van der Waals surface area contributed by atoms with Gasteiger partial charge in [-0.2, -0.15) is 13.2 Å². The number of carbonyl (C=O) groups is 2. The topological polar surface area (TPSA) is 80.3 Å². The Morgan fingerprint density at radius 2 is 1.81 bits per heavy atom. The maximum atomic E-state index is 12.9. The third kappa shape index (κ3) is 5.85. The number of anilines is 1. The van der Waals surface area contributed by atoms with Crippen LogP contribution in [-0.2, 0) is 22.1 Å². The fourth-order valence-electron chi connectivity index (χ4n) is 2.05. The van der Waals surface area contributed by atoms with E-state index in [1.807, 2.05) is 0 Å². The predicted octanol–water partition coefficient (Wildman–Crippen LogP) is 3.62. The summed E-state index contributed by atoms with van der Waals surface area (Å²) in [5, 5.41) is 0.504. The van der Waals surface area contributed by atoms with Gasteiger partial charge < -0.3 is 4.74 Å². The number of nitrogens with one attached hydrogen (secondary N) is 2. The van der Waals surface area contributed by atoms with Gasteiger partial charge in [-0.1, -0.05) is 23.7 Å². The van der Waals surface area contributed by atoms with Crippen molar-refractivity contribution < 1.29 is 27.5 Å². The second-order valence-electron chi connectivity index (χ2n) is 5.29. The van der Waals surface area contributed by atoms with E-state index in [1.165, 1.54) is 0 Å². The summed E-state index contributed by atoms with van der Waals surface area (Å²) in [5.41, 5.74) is 3.66. The zero-order valence-electron chi connectivity index (χ0n) is 14.1. The van der Waals surface area contributed by atoms with E-state index in [0.717, 1.165) is 6.07 Å². The summed E-state index contributed by atoms with van der Waals surface area (Å²) in [5.74, 6) is -1.88. The van der Waals surface area contributed by atoms with E-state index in [0.29, 0.717) is 16.7 Å². The molecule has 0 radical (unpaired) electrons. The van der Waals surface area contributed by atoms with Crippen LogP contribution in [0, 0.1) is 0 Å². The Labute approximate surface area is 157 Å². The molecule has 0 aliphatic carbocycles. The Bertz CT molecular complexity index is 826. The lowest BCUT2D eigenvalue weighted by molar-refractivity contribution is -0.141. The molecular formula is C17H15ClF3N3O3. The van der Waals surface area contributed by atoms with E-state index in [1.54, 1.807) is 31.2 Å². The molecule has 6 nitrogen and oxygen atoms in total. The summed E-state index contributed by atoms with van der Waals surface area (Å²) in [6, 6.07) is 8.06. The number of amides is 1. The van der Waals surface area contributed by atoms with Crippen LogP contribution in [0.4, 0.5) is 19.0 Å². The first-order valence-corrected chi connectivity index (χ1v) is 8.13. The molecule has 27 heavy (non-hydrogen) atoms. The van der Waals surface area contributed by atoms with E-state index in [9.17, 15) is 22.8 Å². The number of ether oxygens (including phenoxy) is 1. The van der Waals surface area contributed by atoms with Gasteiger partial charge in [0.05, 0.1) is 13.0 Å². The van der Waals surface area contributed by atoms with Gasteiger partial charge in [0, 0.05) is 5.02 Å². The minimum absolute atomic E-state index is 0.0300. The van der Waals surface area contributed by atoms with Crippen LogP contribution in [0.2, 0.25) is 5.02 Å². The molecule has 0 aliphatic heterocycles. The summed E-state index contributed by atoms with van der Waals surface area (Å²) in [7, 11) is 0. The maximum absolute atomic E-state index is 12.9. The summed E-state index contributed by atoms with van der Waals surface area (Å²) >= 11 is 5.76. The van der Waals surface area contributed by atoms with Crippen molar-refractivity contribution in [1.82, 2.24) is 10.4 Å². The van der Waals surface area contributed by atoms with E-state index in [-0.39, 0.29) is 18.6 Å². The van der Waals surface area contributed by atoms with Crippen LogP contribution in [0.3, 0.4) is 0 Å². The minimum Gasteiger partial charge on any atom is -0.462 e. The summed E-state index contributed by atoms with van der Waals surface area (Å²) in [4.78, 5) is 27.2. The fraction of sp³-hybridized carbons (Fsp3) is 0.235. The Morgan fingerprint density at radius 3 is 2.41 bits per heavy atom. The molecule has 2 aromatic rings.